The van der Waals surface area contributed by atoms with E-state index in [4.69, 9.17) is 11.6 Å². The maximum absolute atomic E-state index is 6.13. The lowest BCUT2D eigenvalue weighted by Gasteiger charge is -2.13. The van der Waals surface area contributed by atoms with Gasteiger partial charge < -0.3 is 5.32 Å². The fraction of sp³-hybridized carbons (Fsp3) is 0.250. The minimum absolute atomic E-state index is 0.466. The highest BCUT2D eigenvalue weighted by atomic mass is 79.9. The second-order valence-corrected chi connectivity index (χ2v) is 6.20. The summed E-state index contributed by atoms with van der Waals surface area (Å²) in [6.07, 6.45) is 0. The Morgan fingerprint density at radius 2 is 1.79 bits per heavy atom. The van der Waals surface area contributed by atoms with Gasteiger partial charge >= 0.3 is 0 Å². The minimum atomic E-state index is 0.466. The first kappa shape index (κ1) is 14.6. The van der Waals surface area contributed by atoms with Gasteiger partial charge in [-0.2, -0.15) is 0 Å². The van der Waals surface area contributed by atoms with Crippen molar-refractivity contribution in [2.75, 3.05) is 0 Å². The third-order valence-corrected chi connectivity index (χ3v) is 3.69. The van der Waals surface area contributed by atoms with E-state index >= 15 is 0 Å². The molecule has 3 heteroatoms. The Hall–Kier alpha value is -0.830. The van der Waals surface area contributed by atoms with Crippen LogP contribution in [0.25, 0.3) is 11.1 Å². The first-order chi connectivity index (χ1) is 9.06. The number of halogens is 2. The summed E-state index contributed by atoms with van der Waals surface area (Å²) in [5.41, 5.74) is 3.64. The van der Waals surface area contributed by atoms with Gasteiger partial charge in [0, 0.05) is 22.1 Å². The van der Waals surface area contributed by atoms with Gasteiger partial charge in [-0.3, -0.25) is 0 Å². The smallest absolute Gasteiger partial charge is 0.0412 e. The van der Waals surface area contributed by atoms with E-state index in [1.165, 1.54) is 16.7 Å². The second-order valence-electron chi connectivity index (χ2n) is 4.84. The Bertz CT molecular complexity index is 549. The zero-order chi connectivity index (χ0) is 13.8. The molecule has 1 nitrogen and oxygen atoms in total. The molecule has 100 valence electrons. The lowest BCUT2D eigenvalue weighted by molar-refractivity contribution is 0.589. The molecule has 2 rings (SSSR count). The third-order valence-electron chi connectivity index (χ3n) is 2.93. The van der Waals surface area contributed by atoms with Crippen molar-refractivity contribution in [3.63, 3.8) is 0 Å². The summed E-state index contributed by atoms with van der Waals surface area (Å²) in [4.78, 5) is 0. The number of hydrogen-bond donors (Lipinski definition) is 1. The molecule has 0 heterocycles. The zero-order valence-corrected chi connectivity index (χ0v) is 13.4. The quantitative estimate of drug-likeness (QED) is 0.801. The monoisotopic (exact) mass is 337 g/mol. The van der Waals surface area contributed by atoms with Crippen LogP contribution in [-0.2, 0) is 6.54 Å². The van der Waals surface area contributed by atoms with Gasteiger partial charge in [0.1, 0.15) is 0 Å². The van der Waals surface area contributed by atoms with Gasteiger partial charge in [-0.25, -0.2) is 0 Å². The molecule has 2 aromatic carbocycles. The molecule has 0 aliphatic heterocycles. The SMILES string of the molecule is CC(C)NCc1ccc(Cl)cc1-c1ccc(Br)cc1. The van der Waals surface area contributed by atoms with Crippen molar-refractivity contribution in [1.29, 1.82) is 0 Å². The first-order valence-electron chi connectivity index (χ1n) is 6.34. The molecule has 0 aromatic heterocycles. The Labute approximate surface area is 128 Å². The van der Waals surface area contributed by atoms with Crippen LogP contribution in [0.3, 0.4) is 0 Å². The van der Waals surface area contributed by atoms with Crippen molar-refractivity contribution >= 4 is 27.5 Å². The predicted octanol–water partition coefficient (Wildman–Crippen LogP) is 5.27. The van der Waals surface area contributed by atoms with E-state index in [1.54, 1.807) is 0 Å². The minimum Gasteiger partial charge on any atom is -0.310 e. The average Bonchev–Trinajstić information content (AvgIpc) is 2.38. The van der Waals surface area contributed by atoms with Crippen LogP contribution in [0.15, 0.2) is 46.9 Å². The summed E-state index contributed by atoms with van der Waals surface area (Å²) in [5, 5.41) is 4.22. The van der Waals surface area contributed by atoms with Gasteiger partial charge in [-0.15, -0.1) is 0 Å². The van der Waals surface area contributed by atoms with Crippen LogP contribution < -0.4 is 5.32 Å². The fourth-order valence-electron chi connectivity index (χ4n) is 1.92. The molecule has 0 atom stereocenters. The van der Waals surface area contributed by atoms with E-state index in [9.17, 15) is 0 Å². The molecule has 0 aliphatic rings. The molecular formula is C16H17BrClN. The maximum atomic E-state index is 6.13. The molecule has 0 fully saturated rings. The number of hydrogen-bond acceptors (Lipinski definition) is 1. The fourth-order valence-corrected chi connectivity index (χ4v) is 2.35. The summed E-state index contributed by atoms with van der Waals surface area (Å²) in [6.45, 7) is 5.14. The Balaban J connectivity index is 2.36. The lowest BCUT2D eigenvalue weighted by Crippen LogP contribution is -2.22. The topological polar surface area (TPSA) is 12.0 Å². The van der Waals surface area contributed by atoms with Gasteiger partial charge in [0.2, 0.25) is 0 Å². The van der Waals surface area contributed by atoms with Crippen molar-refractivity contribution < 1.29 is 0 Å². The maximum Gasteiger partial charge on any atom is 0.0412 e. The van der Waals surface area contributed by atoms with Crippen LogP contribution in [-0.4, -0.2) is 6.04 Å². The lowest BCUT2D eigenvalue weighted by atomic mass is 9.99. The van der Waals surface area contributed by atoms with Gasteiger partial charge in [0.25, 0.3) is 0 Å². The molecule has 0 radical (unpaired) electrons. The Morgan fingerprint density at radius 1 is 1.11 bits per heavy atom. The molecule has 19 heavy (non-hydrogen) atoms. The normalized spacial score (nSPS) is 11.0. The molecule has 0 saturated heterocycles. The van der Waals surface area contributed by atoms with E-state index in [0.717, 1.165) is 16.0 Å². The van der Waals surface area contributed by atoms with Crippen LogP contribution in [0.1, 0.15) is 19.4 Å². The summed E-state index contributed by atoms with van der Waals surface area (Å²) in [5.74, 6) is 0. The molecular weight excluding hydrogens is 322 g/mol. The van der Waals surface area contributed by atoms with Crippen LogP contribution >= 0.6 is 27.5 Å². The van der Waals surface area contributed by atoms with Crippen molar-refractivity contribution in [3.8, 4) is 11.1 Å². The van der Waals surface area contributed by atoms with Crippen LogP contribution in [0.5, 0.6) is 0 Å². The van der Waals surface area contributed by atoms with E-state index in [1.807, 2.05) is 12.1 Å². The van der Waals surface area contributed by atoms with Crippen molar-refractivity contribution in [2.45, 2.75) is 26.4 Å². The summed E-state index contributed by atoms with van der Waals surface area (Å²) in [6, 6.07) is 14.8. The highest BCUT2D eigenvalue weighted by Gasteiger charge is 2.06. The Morgan fingerprint density at radius 3 is 2.42 bits per heavy atom. The van der Waals surface area contributed by atoms with Gasteiger partial charge in [0.15, 0.2) is 0 Å². The molecule has 0 unspecified atom stereocenters. The predicted molar refractivity (Wildman–Crippen MR) is 86.6 cm³/mol. The summed E-state index contributed by atoms with van der Waals surface area (Å²) < 4.78 is 1.08. The van der Waals surface area contributed by atoms with E-state index in [0.29, 0.717) is 6.04 Å². The molecule has 2 aromatic rings. The van der Waals surface area contributed by atoms with Crippen molar-refractivity contribution in [2.24, 2.45) is 0 Å². The number of rotatable bonds is 4. The number of nitrogens with one attached hydrogen (secondary N) is 1. The van der Waals surface area contributed by atoms with E-state index < -0.39 is 0 Å². The third kappa shape index (κ3) is 4.07. The Kier molecular flexibility index (Phi) is 5.03. The number of benzene rings is 2. The zero-order valence-electron chi connectivity index (χ0n) is 11.1. The standard InChI is InChI=1S/C16H17BrClN/c1-11(2)19-10-13-5-8-15(18)9-16(13)12-3-6-14(17)7-4-12/h3-9,11,19H,10H2,1-2H3. The van der Waals surface area contributed by atoms with Crippen LogP contribution in [0, 0.1) is 0 Å². The van der Waals surface area contributed by atoms with Crippen molar-refractivity contribution in [3.05, 3.63) is 57.5 Å². The second kappa shape index (κ2) is 6.56. The molecule has 0 saturated carbocycles. The summed E-state index contributed by atoms with van der Waals surface area (Å²) in [7, 11) is 0. The van der Waals surface area contributed by atoms with E-state index in [2.05, 4.69) is 65.4 Å². The largest absolute Gasteiger partial charge is 0.310 e. The van der Waals surface area contributed by atoms with E-state index in [-0.39, 0.29) is 0 Å². The molecule has 1 N–H and O–H groups in total. The van der Waals surface area contributed by atoms with Gasteiger partial charge in [-0.1, -0.05) is 59.6 Å². The molecule has 0 aliphatic carbocycles. The molecule has 0 spiro atoms. The molecule has 0 amide bonds. The van der Waals surface area contributed by atoms with Gasteiger partial charge in [-0.05, 0) is 41.0 Å². The molecule has 0 bridgehead atoms. The highest BCUT2D eigenvalue weighted by Crippen LogP contribution is 2.28. The van der Waals surface area contributed by atoms with Crippen molar-refractivity contribution in [1.82, 2.24) is 5.32 Å². The summed E-state index contributed by atoms with van der Waals surface area (Å²) >= 11 is 9.59. The van der Waals surface area contributed by atoms with Gasteiger partial charge in [0.05, 0.1) is 0 Å². The first-order valence-corrected chi connectivity index (χ1v) is 7.51. The van der Waals surface area contributed by atoms with Crippen LogP contribution in [0.2, 0.25) is 5.02 Å². The highest BCUT2D eigenvalue weighted by molar-refractivity contribution is 9.10. The average molecular weight is 339 g/mol. The van der Waals surface area contributed by atoms with Crippen LogP contribution in [0.4, 0.5) is 0 Å².